The summed E-state index contributed by atoms with van der Waals surface area (Å²) in [4.78, 5) is 4.74. The molecule has 90 valence electrons. The van der Waals surface area contributed by atoms with Gasteiger partial charge in [0.05, 0.1) is 11.2 Å². The molecule has 0 saturated heterocycles. The lowest BCUT2D eigenvalue weighted by Gasteiger charge is -2.14. The largest absolute Gasteiger partial charge is 0.323 e. The molecule has 0 aliphatic heterocycles. The van der Waals surface area contributed by atoms with Gasteiger partial charge in [-0.25, -0.2) is 0 Å². The highest BCUT2D eigenvalue weighted by molar-refractivity contribution is 9.10. The van der Waals surface area contributed by atoms with Crippen LogP contribution < -0.4 is 11.3 Å². The molecule has 0 saturated carbocycles. The molecule has 0 aliphatic rings. The summed E-state index contributed by atoms with van der Waals surface area (Å²) < 4.78 is 1.08. The second-order valence-electron chi connectivity index (χ2n) is 4.12. The predicted octanol–water partition coefficient (Wildman–Crippen LogP) is 3.46. The molecule has 0 unspecified atom stereocenters. The van der Waals surface area contributed by atoms with Crippen molar-refractivity contribution in [2.45, 2.75) is 27.2 Å². The molecule has 1 aromatic heterocycles. The first kappa shape index (κ1) is 12.3. The Labute approximate surface area is 110 Å². The van der Waals surface area contributed by atoms with E-state index in [2.05, 4.69) is 42.1 Å². The number of hydrogen-bond acceptors (Lipinski definition) is 3. The van der Waals surface area contributed by atoms with E-state index in [9.17, 15) is 0 Å². The lowest BCUT2D eigenvalue weighted by molar-refractivity contribution is 1.02. The lowest BCUT2D eigenvalue weighted by atomic mass is 10.0. The summed E-state index contributed by atoms with van der Waals surface area (Å²) in [5, 5.41) is 1.07. The second-order valence-corrected chi connectivity index (χ2v) is 4.98. The smallest absolute Gasteiger partial charge is 0.0767 e. The van der Waals surface area contributed by atoms with Gasteiger partial charge >= 0.3 is 0 Å². The Morgan fingerprint density at radius 3 is 2.59 bits per heavy atom. The highest BCUT2D eigenvalue weighted by Gasteiger charge is 2.12. The number of pyridine rings is 1. The molecule has 1 aromatic carbocycles. The van der Waals surface area contributed by atoms with E-state index in [0.29, 0.717) is 0 Å². The Hall–Kier alpha value is -1.13. The fourth-order valence-electron chi connectivity index (χ4n) is 2.12. The molecule has 0 aliphatic carbocycles. The minimum atomic E-state index is 0.905. The minimum Gasteiger partial charge on any atom is -0.323 e. The van der Waals surface area contributed by atoms with Gasteiger partial charge in [0.15, 0.2) is 0 Å². The Bertz CT molecular complexity index is 579. The molecule has 4 heteroatoms. The van der Waals surface area contributed by atoms with Crippen LogP contribution in [0.2, 0.25) is 0 Å². The maximum Gasteiger partial charge on any atom is 0.0767 e. The van der Waals surface area contributed by atoms with Gasteiger partial charge in [-0.05, 0) is 43.5 Å². The number of nitrogens with two attached hydrogens (primary N) is 1. The van der Waals surface area contributed by atoms with Crippen LogP contribution in [0.1, 0.15) is 23.7 Å². The van der Waals surface area contributed by atoms with Crippen LogP contribution in [-0.2, 0) is 6.42 Å². The van der Waals surface area contributed by atoms with Crippen LogP contribution in [0.4, 0.5) is 5.69 Å². The molecule has 3 nitrogen and oxygen atoms in total. The van der Waals surface area contributed by atoms with Gasteiger partial charge in [0.25, 0.3) is 0 Å². The van der Waals surface area contributed by atoms with Crippen LogP contribution in [0.5, 0.6) is 0 Å². The van der Waals surface area contributed by atoms with Gasteiger partial charge in [-0.15, -0.1) is 0 Å². The van der Waals surface area contributed by atoms with Crippen molar-refractivity contribution in [2.75, 3.05) is 5.43 Å². The molecule has 0 bridgehead atoms. The van der Waals surface area contributed by atoms with Gasteiger partial charge in [0.1, 0.15) is 0 Å². The van der Waals surface area contributed by atoms with E-state index in [0.717, 1.165) is 44.3 Å². The number of hydrogen-bond donors (Lipinski definition) is 2. The van der Waals surface area contributed by atoms with Crippen molar-refractivity contribution < 1.29 is 0 Å². The highest BCUT2D eigenvalue weighted by atomic mass is 79.9. The zero-order valence-electron chi connectivity index (χ0n) is 10.3. The Morgan fingerprint density at radius 2 is 2.00 bits per heavy atom. The number of rotatable bonds is 2. The lowest BCUT2D eigenvalue weighted by Crippen LogP contribution is -2.11. The first-order chi connectivity index (χ1) is 8.10. The van der Waals surface area contributed by atoms with Crippen LogP contribution in [0, 0.1) is 13.8 Å². The van der Waals surface area contributed by atoms with Crippen molar-refractivity contribution in [1.29, 1.82) is 0 Å². The summed E-state index contributed by atoms with van der Waals surface area (Å²) in [6.07, 6.45) is 0.905. The SMILES string of the molecule is CCc1nc2c(C)c(Br)ccc2c(NN)c1C. The number of anilines is 1. The summed E-state index contributed by atoms with van der Waals surface area (Å²) in [5.74, 6) is 5.64. The number of aromatic nitrogens is 1. The number of aryl methyl sites for hydroxylation is 2. The summed E-state index contributed by atoms with van der Waals surface area (Å²) in [6, 6.07) is 4.08. The van der Waals surface area contributed by atoms with E-state index in [1.165, 1.54) is 0 Å². The van der Waals surface area contributed by atoms with E-state index < -0.39 is 0 Å². The van der Waals surface area contributed by atoms with Crippen LogP contribution in [0.3, 0.4) is 0 Å². The summed E-state index contributed by atoms with van der Waals surface area (Å²) in [5.41, 5.74) is 8.15. The average molecular weight is 294 g/mol. The van der Waals surface area contributed by atoms with Gasteiger partial charge in [0.2, 0.25) is 0 Å². The van der Waals surface area contributed by atoms with Gasteiger partial charge in [-0.3, -0.25) is 10.8 Å². The number of fused-ring (bicyclic) bond motifs is 1. The number of hydrazine groups is 1. The summed E-state index contributed by atoms with van der Waals surface area (Å²) in [7, 11) is 0. The number of nitrogens with one attached hydrogen (secondary N) is 1. The van der Waals surface area contributed by atoms with Crippen LogP contribution in [0.15, 0.2) is 16.6 Å². The molecule has 0 spiro atoms. The van der Waals surface area contributed by atoms with Crippen molar-refractivity contribution in [3.8, 4) is 0 Å². The number of nitrogen functional groups attached to an aromatic ring is 1. The third-order valence-corrected chi connectivity index (χ3v) is 4.03. The Morgan fingerprint density at radius 1 is 1.29 bits per heavy atom. The fraction of sp³-hybridized carbons (Fsp3) is 0.308. The van der Waals surface area contributed by atoms with Crippen molar-refractivity contribution in [3.63, 3.8) is 0 Å². The molecular formula is C13H16BrN3. The van der Waals surface area contributed by atoms with E-state index in [1.807, 2.05) is 12.1 Å². The normalized spacial score (nSPS) is 10.9. The molecule has 1 heterocycles. The van der Waals surface area contributed by atoms with Gasteiger partial charge in [-0.2, -0.15) is 0 Å². The number of nitrogens with zero attached hydrogens (tertiary/aromatic N) is 1. The number of halogens is 1. The van der Waals surface area contributed by atoms with Crippen molar-refractivity contribution >= 4 is 32.5 Å². The van der Waals surface area contributed by atoms with E-state index >= 15 is 0 Å². The predicted molar refractivity (Wildman–Crippen MR) is 76.1 cm³/mol. The quantitative estimate of drug-likeness (QED) is 0.658. The van der Waals surface area contributed by atoms with Gasteiger partial charge in [0, 0.05) is 15.6 Å². The second kappa shape index (κ2) is 4.63. The van der Waals surface area contributed by atoms with Crippen LogP contribution in [-0.4, -0.2) is 4.98 Å². The first-order valence-corrected chi connectivity index (χ1v) is 6.44. The standard InChI is InChI=1S/C13H16BrN3/c1-4-11-8(3)13(17-15)9-5-6-10(14)7(2)12(9)16-11/h5-6H,4,15H2,1-3H3,(H,16,17). The van der Waals surface area contributed by atoms with Crippen molar-refractivity contribution in [1.82, 2.24) is 4.98 Å². The Kier molecular flexibility index (Phi) is 3.35. The zero-order valence-corrected chi connectivity index (χ0v) is 11.9. The van der Waals surface area contributed by atoms with Crippen LogP contribution >= 0.6 is 15.9 Å². The molecule has 3 N–H and O–H groups in total. The molecule has 0 amide bonds. The topological polar surface area (TPSA) is 50.9 Å². The molecule has 0 fully saturated rings. The third kappa shape index (κ3) is 1.91. The zero-order chi connectivity index (χ0) is 12.6. The molecular weight excluding hydrogens is 278 g/mol. The minimum absolute atomic E-state index is 0.905. The number of benzene rings is 1. The van der Waals surface area contributed by atoms with E-state index in [1.54, 1.807) is 0 Å². The molecule has 17 heavy (non-hydrogen) atoms. The molecule has 2 aromatic rings. The molecule has 2 rings (SSSR count). The monoisotopic (exact) mass is 293 g/mol. The fourth-order valence-corrected chi connectivity index (χ4v) is 2.44. The van der Waals surface area contributed by atoms with Gasteiger partial charge in [-0.1, -0.05) is 22.9 Å². The third-order valence-electron chi connectivity index (χ3n) is 3.17. The molecule has 0 radical (unpaired) electrons. The summed E-state index contributed by atoms with van der Waals surface area (Å²) >= 11 is 3.54. The maximum atomic E-state index is 5.64. The summed E-state index contributed by atoms with van der Waals surface area (Å²) in [6.45, 7) is 6.22. The van der Waals surface area contributed by atoms with Crippen LogP contribution in [0.25, 0.3) is 10.9 Å². The van der Waals surface area contributed by atoms with Crippen molar-refractivity contribution in [3.05, 3.63) is 33.4 Å². The van der Waals surface area contributed by atoms with Crippen molar-refractivity contribution in [2.24, 2.45) is 5.84 Å². The molecule has 0 atom stereocenters. The first-order valence-electron chi connectivity index (χ1n) is 5.65. The van der Waals surface area contributed by atoms with E-state index in [4.69, 9.17) is 10.8 Å². The Balaban J connectivity index is 2.92. The van der Waals surface area contributed by atoms with E-state index in [-0.39, 0.29) is 0 Å². The average Bonchev–Trinajstić information content (AvgIpc) is 2.33. The highest BCUT2D eigenvalue weighted by Crippen LogP contribution is 2.32. The maximum absolute atomic E-state index is 5.64. The van der Waals surface area contributed by atoms with Gasteiger partial charge < -0.3 is 5.43 Å².